The van der Waals surface area contributed by atoms with E-state index in [1.807, 2.05) is 7.05 Å². The van der Waals surface area contributed by atoms with Crippen molar-refractivity contribution in [2.75, 3.05) is 7.05 Å². The number of oxazole rings is 1. The Morgan fingerprint density at radius 1 is 1.43 bits per heavy atom. The van der Waals surface area contributed by atoms with Crippen molar-refractivity contribution in [3.8, 4) is 0 Å². The molecule has 0 unspecified atom stereocenters. The average Bonchev–Trinajstić information content (AvgIpc) is 2.83. The van der Waals surface area contributed by atoms with Gasteiger partial charge in [-0.15, -0.1) is 0 Å². The number of likely N-dealkylation sites (N-methyl/N-ethyl adjacent to an activating group) is 1. The highest BCUT2D eigenvalue weighted by Gasteiger charge is 2.23. The van der Waals surface area contributed by atoms with E-state index in [2.05, 4.69) is 4.98 Å². The summed E-state index contributed by atoms with van der Waals surface area (Å²) in [4.78, 5) is 30.2. The van der Waals surface area contributed by atoms with Crippen LogP contribution in [0.4, 0.5) is 0 Å². The quantitative estimate of drug-likeness (QED) is 0.863. The van der Waals surface area contributed by atoms with Crippen molar-refractivity contribution >= 4 is 17.1 Å². The van der Waals surface area contributed by atoms with E-state index in [0.717, 1.165) is 12.8 Å². The van der Waals surface area contributed by atoms with Crippen LogP contribution in [0.25, 0.3) is 11.2 Å². The number of rotatable bonds is 3. The highest BCUT2D eigenvalue weighted by Crippen LogP contribution is 2.22. The minimum atomic E-state index is -0.533. The molecule has 1 saturated carbocycles. The summed E-state index contributed by atoms with van der Waals surface area (Å²) < 4.78 is 6.40. The smallest absolute Gasteiger partial charge is 0.406 e. The molecule has 6 nitrogen and oxygen atoms in total. The predicted octanol–water partition coefficient (Wildman–Crippen LogP) is 1.78. The van der Waals surface area contributed by atoms with Crippen LogP contribution >= 0.6 is 0 Å². The van der Waals surface area contributed by atoms with Crippen LogP contribution in [0.5, 0.6) is 0 Å². The summed E-state index contributed by atoms with van der Waals surface area (Å²) in [5, 5.41) is 0. The van der Waals surface area contributed by atoms with Gasteiger partial charge in [0.05, 0.1) is 0 Å². The first kappa shape index (κ1) is 13.9. The Hall–Kier alpha value is -2.11. The van der Waals surface area contributed by atoms with Gasteiger partial charge >= 0.3 is 5.76 Å². The van der Waals surface area contributed by atoms with Gasteiger partial charge in [0.1, 0.15) is 6.54 Å². The molecule has 1 aliphatic rings. The van der Waals surface area contributed by atoms with E-state index in [0.29, 0.717) is 11.2 Å². The molecule has 2 heterocycles. The minimum Gasteiger partial charge on any atom is -0.406 e. The van der Waals surface area contributed by atoms with E-state index in [-0.39, 0.29) is 18.5 Å². The number of hydrogen-bond acceptors (Lipinski definition) is 4. The Balaban J connectivity index is 1.79. The maximum Gasteiger partial charge on any atom is 0.421 e. The fraction of sp³-hybridized carbons (Fsp3) is 0.533. The molecule has 0 spiro atoms. The standard InChI is InChI=1S/C15H19N3O3/c1-17(11-6-3-2-4-7-11)13(19)10-18-14-12(21-15(18)20)8-5-9-16-14/h5,8-9,11H,2-4,6-7,10H2,1H3. The molecular formula is C15H19N3O3. The maximum atomic E-state index is 12.4. The summed E-state index contributed by atoms with van der Waals surface area (Å²) >= 11 is 0. The summed E-state index contributed by atoms with van der Waals surface area (Å²) in [6.07, 6.45) is 7.25. The van der Waals surface area contributed by atoms with Crippen LogP contribution in [-0.2, 0) is 11.3 Å². The van der Waals surface area contributed by atoms with Gasteiger partial charge in [-0.25, -0.2) is 14.3 Å². The summed E-state index contributed by atoms with van der Waals surface area (Å²) in [7, 11) is 1.82. The van der Waals surface area contributed by atoms with Gasteiger partial charge in [0.2, 0.25) is 5.91 Å². The number of carbonyl (C=O) groups is 1. The SMILES string of the molecule is CN(C(=O)Cn1c(=O)oc2cccnc21)C1CCCCC1. The second kappa shape index (κ2) is 5.71. The lowest BCUT2D eigenvalue weighted by molar-refractivity contribution is -0.133. The molecule has 0 N–H and O–H groups in total. The van der Waals surface area contributed by atoms with E-state index in [1.165, 1.54) is 23.8 Å². The fourth-order valence-electron chi connectivity index (χ4n) is 2.96. The number of hydrogen-bond donors (Lipinski definition) is 0. The summed E-state index contributed by atoms with van der Waals surface area (Å²) in [6, 6.07) is 3.66. The maximum absolute atomic E-state index is 12.4. The average molecular weight is 289 g/mol. The van der Waals surface area contributed by atoms with Crippen molar-refractivity contribution in [2.45, 2.75) is 44.7 Å². The van der Waals surface area contributed by atoms with Crippen molar-refractivity contribution in [3.05, 3.63) is 28.9 Å². The molecule has 112 valence electrons. The monoisotopic (exact) mass is 289 g/mol. The third-order valence-corrected chi connectivity index (χ3v) is 4.23. The number of fused-ring (bicyclic) bond motifs is 1. The van der Waals surface area contributed by atoms with Crippen molar-refractivity contribution in [3.63, 3.8) is 0 Å². The first-order valence-corrected chi connectivity index (χ1v) is 7.37. The predicted molar refractivity (Wildman–Crippen MR) is 77.9 cm³/mol. The molecule has 0 radical (unpaired) electrons. The molecular weight excluding hydrogens is 270 g/mol. The zero-order valence-electron chi connectivity index (χ0n) is 12.1. The van der Waals surface area contributed by atoms with Gasteiger partial charge in [0.15, 0.2) is 11.2 Å². The third kappa shape index (κ3) is 2.70. The van der Waals surface area contributed by atoms with E-state index in [9.17, 15) is 9.59 Å². The third-order valence-electron chi connectivity index (χ3n) is 4.23. The molecule has 1 fully saturated rings. The Kier molecular flexibility index (Phi) is 3.77. The Morgan fingerprint density at radius 2 is 2.19 bits per heavy atom. The second-order valence-electron chi connectivity index (χ2n) is 5.58. The molecule has 1 amide bonds. The lowest BCUT2D eigenvalue weighted by Gasteiger charge is -2.31. The molecule has 2 aromatic rings. The van der Waals surface area contributed by atoms with Crippen LogP contribution < -0.4 is 5.76 Å². The van der Waals surface area contributed by atoms with Crippen molar-refractivity contribution < 1.29 is 9.21 Å². The van der Waals surface area contributed by atoms with Gasteiger partial charge in [0, 0.05) is 19.3 Å². The van der Waals surface area contributed by atoms with E-state index >= 15 is 0 Å². The molecule has 1 aliphatic carbocycles. The van der Waals surface area contributed by atoms with Crippen LogP contribution in [0, 0.1) is 0 Å². The number of amides is 1. The molecule has 0 atom stereocenters. The first-order chi connectivity index (χ1) is 10.2. The minimum absolute atomic E-state index is 0.0180. The van der Waals surface area contributed by atoms with Crippen LogP contribution in [0.3, 0.4) is 0 Å². The van der Waals surface area contributed by atoms with Crippen molar-refractivity contribution in [1.82, 2.24) is 14.5 Å². The number of carbonyl (C=O) groups excluding carboxylic acids is 1. The molecule has 0 aromatic carbocycles. The first-order valence-electron chi connectivity index (χ1n) is 7.37. The molecule has 6 heteroatoms. The topological polar surface area (TPSA) is 68.3 Å². The summed E-state index contributed by atoms with van der Waals surface area (Å²) in [5.74, 6) is -0.605. The van der Waals surface area contributed by atoms with Gasteiger partial charge in [-0.2, -0.15) is 0 Å². The van der Waals surface area contributed by atoms with E-state index in [1.54, 1.807) is 23.2 Å². The van der Waals surface area contributed by atoms with Crippen molar-refractivity contribution in [2.24, 2.45) is 0 Å². The molecule has 21 heavy (non-hydrogen) atoms. The second-order valence-corrected chi connectivity index (χ2v) is 5.58. The van der Waals surface area contributed by atoms with Crippen molar-refractivity contribution in [1.29, 1.82) is 0 Å². The fourth-order valence-corrected chi connectivity index (χ4v) is 2.96. The van der Waals surface area contributed by atoms with Crippen LogP contribution in [0.1, 0.15) is 32.1 Å². The number of pyridine rings is 1. The van der Waals surface area contributed by atoms with Gasteiger partial charge in [0.25, 0.3) is 0 Å². The van der Waals surface area contributed by atoms with Crippen LogP contribution in [-0.4, -0.2) is 33.4 Å². The Labute approximate surface area is 122 Å². The van der Waals surface area contributed by atoms with E-state index < -0.39 is 5.76 Å². The molecule has 3 rings (SSSR count). The van der Waals surface area contributed by atoms with Gasteiger partial charge in [-0.1, -0.05) is 19.3 Å². The number of aromatic nitrogens is 2. The molecule has 0 aliphatic heterocycles. The molecule has 0 saturated heterocycles. The highest BCUT2D eigenvalue weighted by molar-refractivity contribution is 5.78. The number of nitrogens with zero attached hydrogens (tertiary/aromatic N) is 3. The van der Waals surface area contributed by atoms with Crippen LogP contribution in [0.2, 0.25) is 0 Å². The largest absolute Gasteiger partial charge is 0.421 e. The zero-order chi connectivity index (χ0) is 14.8. The van der Waals surface area contributed by atoms with Gasteiger partial charge in [-0.05, 0) is 25.0 Å². The van der Waals surface area contributed by atoms with Crippen LogP contribution in [0.15, 0.2) is 27.5 Å². The highest BCUT2D eigenvalue weighted by atomic mass is 16.4. The van der Waals surface area contributed by atoms with Gasteiger partial charge in [-0.3, -0.25) is 4.79 Å². The van der Waals surface area contributed by atoms with Gasteiger partial charge < -0.3 is 9.32 Å². The lowest BCUT2D eigenvalue weighted by atomic mass is 9.94. The molecule has 2 aromatic heterocycles. The summed E-state index contributed by atoms with van der Waals surface area (Å²) in [6.45, 7) is -0.0180. The van der Waals surface area contributed by atoms with E-state index in [4.69, 9.17) is 4.42 Å². The Bertz CT molecular complexity index is 697. The lowest BCUT2D eigenvalue weighted by Crippen LogP contribution is -2.41. The summed E-state index contributed by atoms with van der Waals surface area (Å²) in [5.41, 5.74) is 0.837. The normalized spacial score (nSPS) is 16.2. The molecule has 0 bridgehead atoms. The zero-order valence-corrected chi connectivity index (χ0v) is 12.1. The Morgan fingerprint density at radius 3 is 2.95 bits per heavy atom.